The Morgan fingerprint density at radius 2 is 2.30 bits per heavy atom. The van der Waals surface area contributed by atoms with Crippen LogP contribution in [-0.2, 0) is 16.1 Å². The molecule has 0 saturated heterocycles. The molecule has 1 aromatic rings. The summed E-state index contributed by atoms with van der Waals surface area (Å²) in [7, 11) is 3.39. The van der Waals surface area contributed by atoms with Gasteiger partial charge in [0.15, 0.2) is 0 Å². The first kappa shape index (κ1) is 16.0. The third-order valence-electron chi connectivity index (χ3n) is 2.80. The van der Waals surface area contributed by atoms with E-state index >= 15 is 0 Å². The maximum atomic E-state index is 10.9. The summed E-state index contributed by atoms with van der Waals surface area (Å²) in [6.07, 6.45) is 0. The third-order valence-corrected chi connectivity index (χ3v) is 2.80. The second-order valence-electron chi connectivity index (χ2n) is 4.46. The van der Waals surface area contributed by atoms with Crippen molar-refractivity contribution in [2.75, 3.05) is 38.8 Å². The van der Waals surface area contributed by atoms with Crippen molar-refractivity contribution in [2.24, 2.45) is 5.73 Å². The van der Waals surface area contributed by atoms with Crippen LogP contribution in [0.2, 0.25) is 0 Å². The molecule has 0 saturated carbocycles. The highest BCUT2D eigenvalue weighted by atomic mass is 16.5. The van der Waals surface area contributed by atoms with Crippen molar-refractivity contribution in [3.05, 3.63) is 29.3 Å². The molecule has 0 radical (unpaired) electrons. The van der Waals surface area contributed by atoms with Crippen LogP contribution in [0.4, 0.5) is 5.69 Å². The Bertz CT molecular complexity index is 496. The van der Waals surface area contributed by atoms with Crippen molar-refractivity contribution < 1.29 is 9.53 Å². The van der Waals surface area contributed by atoms with Crippen LogP contribution in [0.25, 0.3) is 0 Å². The van der Waals surface area contributed by atoms with E-state index in [2.05, 4.69) is 11.4 Å². The second kappa shape index (κ2) is 8.15. The first-order valence-electron chi connectivity index (χ1n) is 6.30. The molecule has 6 heteroatoms. The fourth-order valence-corrected chi connectivity index (χ4v) is 1.84. The summed E-state index contributed by atoms with van der Waals surface area (Å²) in [5.41, 5.74) is 7.40. The van der Waals surface area contributed by atoms with Crippen LogP contribution in [0.1, 0.15) is 11.1 Å². The fraction of sp³-hybridized carbons (Fsp3) is 0.429. The van der Waals surface area contributed by atoms with Crippen LogP contribution in [0.3, 0.4) is 0 Å². The van der Waals surface area contributed by atoms with E-state index in [-0.39, 0.29) is 6.54 Å². The number of nitrogens with zero attached hydrogens (tertiary/aromatic N) is 2. The summed E-state index contributed by atoms with van der Waals surface area (Å²) in [6, 6.07) is 7.71. The van der Waals surface area contributed by atoms with E-state index in [4.69, 9.17) is 10.5 Å². The molecule has 20 heavy (non-hydrogen) atoms. The first-order valence-corrected chi connectivity index (χ1v) is 6.30. The maximum Gasteiger partial charge on any atom is 0.236 e. The van der Waals surface area contributed by atoms with E-state index in [1.54, 1.807) is 19.1 Å². The zero-order valence-corrected chi connectivity index (χ0v) is 11.8. The van der Waals surface area contributed by atoms with Crippen molar-refractivity contribution >= 4 is 11.6 Å². The van der Waals surface area contributed by atoms with E-state index in [1.807, 2.05) is 18.2 Å². The Morgan fingerprint density at radius 1 is 1.55 bits per heavy atom. The van der Waals surface area contributed by atoms with Gasteiger partial charge in [0.05, 0.1) is 24.4 Å². The number of carbonyl (C=O) groups is 1. The highest BCUT2D eigenvalue weighted by Gasteiger charge is 2.10. The number of rotatable bonds is 8. The quantitative estimate of drug-likeness (QED) is 0.663. The van der Waals surface area contributed by atoms with Gasteiger partial charge in [0, 0.05) is 27.2 Å². The Kier molecular flexibility index (Phi) is 6.50. The third kappa shape index (κ3) is 4.88. The number of primary amides is 1. The topological polar surface area (TPSA) is 91.4 Å². The van der Waals surface area contributed by atoms with Crippen LogP contribution < -0.4 is 16.0 Å². The van der Waals surface area contributed by atoms with Gasteiger partial charge in [-0.15, -0.1) is 0 Å². The van der Waals surface area contributed by atoms with E-state index in [0.29, 0.717) is 24.4 Å². The van der Waals surface area contributed by atoms with Gasteiger partial charge in [0.2, 0.25) is 5.91 Å². The molecule has 0 atom stereocenters. The summed E-state index contributed by atoms with van der Waals surface area (Å²) in [5, 5.41) is 12.4. The standard InChI is InChI=1S/C14H20N4O2/c1-18(10-14(16)19)13-4-3-11(7-12(13)8-15)9-17-5-6-20-2/h3-4,7,17H,5-6,9-10H2,1-2H3,(H2,16,19). The van der Waals surface area contributed by atoms with Crippen LogP contribution in [0.5, 0.6) is 0 Å². The Labute approximate surface area is 119 Å². The van der Waals surface area contributed by atoms with Gasteiger partial charge in [-0.3, -0.25) is 4.79 Å². The highest BCUT2D eigenvalue weighted by Crippen LogP contribution is 2.20. The average molecular weight is 276 g/mol. The monoisotopic (exact) mass is 276 g/mol. The Balaban J connectivity index is 2.75. The van der Waals surface area contributed by atoms with Gasteiger partial charge >= 0.3 is 0 Å². The summed E-state index contributed by atoms with van der Waals surface area (Å²) < 4.78 is 4.95. The summed E-state index contributed by atoms with van der Waals surface area (Å²) in [5.74, 6) is -0.429. The highest BCUT2D eigenvalue weighted by molar-refractivity contribution is 5.80. The van der Waals surface area contributed by atoms with Gasteiger partial charge in [0.1, 0.15) is 6.07 Å². The lowest BCUT2D eigenvalue weighted by atomic mass is 10.1. The van der Waals surface area contributed by atoms with Gasteiger partial charge in [-0.2, -0.15) is 5.26 Å². The molecule has 0 aliphatic carbocycles. The number of carbonyl (C=O) groups excluding carboxylic acids is 1. The van der Waals surface area contributed by atoms with E-state index in [9.17, 15) is 10.1 Å². The number of likely N-dealkylation sites (N-methyl/N-ethyl adjacent to an activating group) is 1. The SMILES string of the molecule is COCCNCc1ccc(N(C)CC(N)=O)c(C#N)c1. The minimum absolute atomic E-state index is 0.0834. The number of anilines is 1. The van der Waals surface area contributed by atoms with Gasteiger partial charge in [-0.25, -0.2) is 0 Å². The molecule has 108 valence electrons. The number of ether oxygens (including phenoxy) is 1. The largest absolute Gasteiger partial charge is 0.383 e. The van der Waals surface area contributed by atoms with Gasteiger partial charge in [-0.1, -0.05) is 6.07 Å². The number of methoxy groups -OCH3 is 1. The number of nitrogens with one attached hydrogen (secondary N) is 1. The Morgan fingerprint density at radius 3 is 2.90 bits per heavy atom. The zero-order valence-electron chi connectivity index (χ0n) is 11.8. The number of nitrogens with two attached hydrogens (primary N) is 1. The molecule has 0 heterocycles. The molecule has 0 unspecified atom stereocenters. The van der Waals surface area contributed by atoms with Crippen molar-refractivity contribution in [3.63, 3.8) is 0 Å². The number of nitriles is 1. The molecule has 1 rings (SSSR count). The summed E-state index contributed by atoms with van der Waals surface area (Å²) in [4.78, 5) is 12.6. The molecule has 0 bridgehead atoms. The molecule has 6 nitrogen and oxygen atoms in total. The number of hydrogen-bond donors (Lipinski definition) is 2. The molecule has 1 amide bonds. The normalized spacial score (nSPS) is 10.1. The van der Waals surface area contributed by atoms with Crippen LogP contribution in [-0.4, -0.2) is 39.8 Å². The fourth-order valence-electron chi connectivity index (χ4n) is 1.84. The van der Waals surface area contributed by atoms with Crippen molar-refractivity contribution in [1.82, 2.24) is 5.32 Å². The van der Waals surface area contributed by atoms with Gasteiger partial charge in [0.25, 0.3) is 0 Å². The molecule has 0 aromatic heterocycles. The molecule has 1 aromatic carbocycles. The molecule has 0 spiro atoms. The lowest BCUT2D eigenvalue weighted by Gasteiger charge is -2.19. The molecular formula is C14H20N4O2. The first-order chi connectivity index (χ1) is 9.58. The lowest BCUT2D eigenvalue weighted by molar-refractivity contribution is -0.116. The maximum absolute atomic E-state index is 10.9. The Hall–Kier alpha value is -2.10. The van der Waals surface area contributed by atoms with Crippen LogP contribution >= 0.6 is 0 Å². The molecule has 0 aliphatic rings. The molecular weight excluding hydrogens is 256 g/mol. The van der Waals surface area contributed by atoms with Crippen LogP contribution in [0, 0.1) is 11.3 Å². The van der Waals surface area contributed by atoms with E-state index < -0.39 is 5.91 Å². The predicted octanol–water partition coefficient (Wildman–Crippen LogP) is 0.216. The molecule has 3 N–H and O–H groups in total. The van der Waals surface area contributed by atoms with E-state index in [0.717, 1.165) is 12.1 Å². The van der Waals surface area contributed by atoms with Crippen molar-refractivity contribution in [1.29, 1.82) is 5.26 Å². The average Bonchev–Trinajstić information content (AvgIpc) is 2.42. The van der Waals surface area contributed by atoms with Crippen molar-refractivity contribution in [3.8, 4) is 6.07 Å². The second-order valence-corrected chi connectivity index (χ2v) is 4.46. The zero-order chi connectivity index (χ0) is 15.0. The van der Waals surface area contributed by atoms with E-state index in [1.165, 1.54) is 0 Å². The molecule has 0 aliphatic heterocycles. The van der Waals surface area contributed by atoms with Crippen LogP contribution in [0.15, 0.2) is 18.2 Å². The minimum atomic E-state index is -0.429. The van der Waals surface area contributed by atoms with Gasteiger partial charge < -0.3 is 20.7 Å². The lowest BCUT2D eigenvalue weighted by Crippen LogP contribution is -2.31. The summed E-state index contributed by atoms with van der Waals surface area (Å²) in [6.45, 7) is 2.14. The number of amides is 1. The predicted molar refractivity (Wildman–Crippen MR) is 77.2 cm³/mol. The number of benzene rings is 1. The number of hydrogen-bond acceptors (Lipinski definition) is 5. The van der Waals surface area contributed by atoms with Crippen molar-refractivity contribution in [2.45, 2.75) is 6.54 Å². The smallest absolute Gasteiger partial charge is 0.236 e. The summed E-state index contributed by atoms with van der Waals surface area (Å²) >= 11 is 0. The van der Waals surface area contributed by atoms with Gasteiger partial charge in [-0.05, 0) is 17.7 Å². The minimum Gasteiger partial charge on any atom is -0.383 e. The molecule has 0 fully saturated rings.